The van der Waals surface area contributed by atoms with Gasteiger partial charge in [-0.15, -0.1) is 0 Å². The van der Waals surface area contributed by atoms with Crippen LogP contribution in [-0.2, 0) is 0 Å². The van der Waals surface area contributed by atoms with Gasteiger partial charge in [-0.3, -0.25) is 0 Å². The van der Waals surface area contributed by atoms with Crippen LogP contribution in [0, 0.1) is 0 Å². The van der Waals surface area contributed by atoms with Crippen molar-refractivity contribution >= 4 is 16.9 Å². The molecule has 4 aromatic rings. The van der Waals surface area contributed by atoms with Crippen LogP contribution in [0.25, 0.3) is 27.8 Å². The molecule has 0 unspecified atom stereocenters. The van der Waals surface area contributed by atoms with Crippen molar-refractivity contribution in [2.24, 2.45) is 0 Å². The Hall–Kier alpha value is -3.58. The summed E-state index contributed by atoms with van der Waals surface area (Å²) in [4.78, 5) is 8.62. The SMILES string of the molecule is COc1ccc(-c2cn(-c3cccc(OCCO)c3)c3ncnc(N)c23)cc1. The minimum atomic E-state index is -0.0396. The zero-order valence-corrected chi connectivity index (χ0v) is 15.4. The highest BCUT2D eigenvalue weighted by atomic mass is 16.5. The lowest BCUT2D eigenvalue weighted by molar-refractivity contribution is 0.201. The molecule has 4 rings (SSSR count). The van der Waals surface area contributed by atoms with Crippen molar-refractivity contribution in [2.45, 2.75) is 0 Å². The van der Waals surface area contributed by atoms with Gasteiger partial charge in [0.25, 0.3) is 0 Å². The van der Waals surface area contributed by atoms with E-state index < -0.39 is 0 Å². The first kappa shape index (κ1) is 17.8. The number of hydrogen-bond donors (Lipinski definition) is 2. The molecule has 0 bridgehead atoms. The highest BCUT2D eigenvalue weighted by Gasteiger charge is 2.16. The maximum absolute atomic E-state index is 8.98. The fraction of sp³-hybridized carbons (Fsp3) is 0.143. The molecule has 2 aromatic heterocycles. The Bertz CT molecular complexity index is 1110. The van der Waals surface area contributed by atoms with E-state index in [1.165, 1.54) is 6.33 Å². The maximum Gasteiger partial charge on any atom is 0.150 e. The van der Waals surface area contributed by atoms with Crippen LogP contribution in [-0.4, -0.2) is 40.0 Å². The largest absolute Gasteiger partial charge is 0.497 e. The van der Waals surface area contributed by atoms with Gasteiger partial charge in [-0.2, -0.15) is 0 Å². The van der Waals surface area contributed by atoms with E-state index in [9.17, 15) is 0 Å². The summed E-state index contributed by atoms with van der Waals surface area (Å²) >= 11 is 0. The van der Waals surface area contributed by atoms with Crippen molar-refractivity contribution < 1.29 is 14.6 Å². The van der Waals surface area contributed by atoms with Crippen molar-refractivity contribution in [1.29, 1.82) is 0 Å². The molecule has 0 saturated carbocycles. The van der Waals surface area contributed by atoms with Gasteiger partial charge in [0.2, 0.25) is 0 Å². The summed E-state index contributed by atoms with van der Waals surface area (Å²) < 4.78 is 12.7. The van der Waals surface area contributed by atoms with Gasteiger partial charge in [0, 0.05) is 17.8 Å². The van der Waals surface area contributed by atoms with Gasteiger partial charge in [0.15, 0.2) is 5.65 Å². The maximum atomic E-state index is 8.98. The summed E-state index contributed by atoms with van der Waals surface area (Å²) in [6.45, 7) is 0.199. The Labute approximate surface area is 162 Å². The zero-order chi connectivity index (χ0) is 19.5. The molecule has 0 amide bonds. The summed E-state index contributed by atoms with van der Waals surface area (Å²) in [5.74, 6) is 1.87. The number of aromatic nitrogens is 3. The number of benzene rings is 2. The number of rotatable bonds is 6. The molecule has 2 heterocycles. The van der Waals surface area contributed by atoms with E-state index in [0.29, 0.717) is 17.2 Å². The Kier molecular flexibility index (Phi) is 4.82. The molecule has 0 saturated heterocycles. The smallest absolute Gasteiger partial charge is 0.150 e. The van der Waals surface area contributed by atoms with Gasteiger partial charge in [-0.1, -0.05) is 18.2 Å². The molecule has 0 aliphatic rings. The van der Waals surface area contributed by atoms with Crippen molar-refractivity contribution in [3.63, 3.8) is 0 Å². The topological polar surface area (TPSA) is 95.4 Å². The van der Waals surface area contributed by atoms with Gasteiger partial charge < -0.3 is 24.9 Å². The molecule has 7 nitrogen and oxygen atoms in total. The Morgan fingerprint density at radius 1 is 1.07 bits per heavy atom. The van der Waals surface area contributed by atoms with Crippen LogP contribution in [0.2, 0.25) is 0 Å². The highest BCUT2D eigenvalue weighted by molar-refractivity contribution is 6.01. The molecule has 142 valence electrons. The molecule has 0 radical (unpaired) electrons. The molecule has 0 fully saturated rings. The number of nitrogens with two attached hydrogens (primary N) is 1. The number of nitrogen functional groups attached to an aromatic ring is 1. The van der Waals surface area contributed by atoms with E-state index in [1.54, 1.807) is 7.11 Å². The standard InChI is InChI=1S/C21H20N4O3/c1-27-16-7-5-14(6-8-16)18-12-25(21-19(18)20(22)23-13-24-21)15-3-2-4-17(11-15)28-10-9-26/h2-8,11-13,26H,9-10H2,1H3,(H2,22,23,24). The van der Waals surface area contributed by atoms with Gasteiger partial charge in [-0.05, 0) is 29.8 Å². The molecule has 3 N–H and O–H groups in total. The third-order valence-corrected chi connectivity index (χ3v) is 4.47. The lowest BCUT2D eigenvalue weighted by atomic mass is 10.1. The number of aliphatic hydroxyl groups excluding tert-OH is 1. The Morgan fingerprint density at radius 3 is 2.64 bits per heavy atom. The molecule has 7 heteroatoms. The third kappa shape index (κ3) is 3.23. The fourth-order valence-electron chi connectivity index (χ4n) is 3.16. The van der Waals surface area contributed by atoms with Crippen molar-refractivity contribution in [2.75, 3.05) is 26.1 Å². The molecule has 0 spiro atoms. The first-order valence-corrected chi connectivity index (χ1v) is 8.81. The number of aliphatic hydroxyl groups is 1. The van der Waals surface area contributed by atoms with Crippen LogP contribution in [0.1, 0.15) is 0 Å². The summed E-state index contributed by atoms with van der Waals surface area (Å²) in [6.07, 6.45) is 3.45. The second-order valence-electron chi connectivity index (χ2n) is 6.17. The van der Waals surface area contributed by atoms with Gasteiger partial charge in [0.05, 0.1) is 24.8 Å². The van der Waals surface area contributed by atoms with E-state index in [4.69, 9.17) is 20.3 Å². The number of anilines is 1. The number of fused-ring (bicyclic) bond motifs is 1. The number of ether oxygens (including phenoxy) is 2. The van der Waals surface area contributed by atoms with Gasteiger partial charge >= 0.3 is 0 Å². The van der Waals surface area contributed by atoms with E-state index >= 15 is 0 Å². The fourth-order valence-corrected chi connectivity index (χ4v) is 3.16. The molecule has 0 aliphatic carbocycles. The van der Waals surface area contributed by atoms with Crippen LogP contribution < -0.4 is 15.2 Å². The minimum Gasteiger partial charge on any atom is -0.497 e. The quantitative estimate of drug-likeness (QED) is 0.537. The second kappa shape index (κ2) is 7.58. The molecule has 0 aliphatic heterocycles. The molecule has 2 aromatic carbocycles. The van der Waals surface area contributed by atoms with Crippen molar-refractivity contribution in [3.8, 4) is 28.3 Å². The first-order chi connectivity index (χ1) is 13.7. The molecular weight excluding hydrogens is 356 g/mol. The van der Waals surface area contributed by atoms with Crippen molar-refractivity contribution in [1.82, 2.24) is 14.5 Å². The predicted octanol–water partition coefficient (Wildman–Crippen LogP) is 3.05. The van der Waals surface area contributed by atoms with E-state index in [1.807, 2.05) is 59.3 Å². The lowest BCUT2D eigenvalue weighted by Crippen LogP contribution is -2.02. The number of hydrogen-bond acceptors (Lipinski definition) is 6. The monoisotopic (exact) mass is 376 g/mol. The number of methoxy groups -OCH3 is 1. The predicted molar refractivity (Wildman–Crippen MR) is 108 cm³/mol. The summed E-state index contributed by atoms with van der Waals surface area (Å²) in [5, 5.41) is 9.77. The average Bonchev–Trinajstić information content (AvgIpc) is 3.13. The zero-order valence-electron chi connectivity index (χ0n) is 15.4. The third-order valence-electron chi connectivity index (χ3n) is 4.47. The van der Waals surface area contributed by atoms with E-state index in [-0.39, 0.29) is 13.2 Å². The average molecular weight is 376 g/mol. The second-order valence-corrected chi connectivity index (χ2v) is 6.17. The van der Waals surface area contributed by atoms with Gasteiger partial charge in [-0.25, -0.2) is 9.97 Å². The van der Waals surface area contributed by atoms with E-state index in [0.717, 1.165) is 28.0 Å². The normalized spacial score (nSPS) is 10.9. The van der Waals surface area contributed by atoms with Crippen LogP contribution in [0.15, 0.2) is 61.1 Å². The number of nitrogens with zero attached hydrogens (tertiary/aromatic N) is 3. The molecular formula is C21H20N4O3. The Morgan fingerprint density at radius 2 is 1.89 bits per heavy atom. The van der Waals surface area contributed by atoms with Crippen LogP contribution in [0.4, 0.5) is 5.82 Å². The minimum absolute atomic E-state index is 0.0396. The summed E-state index contributed by atoms with van der Waals surface area (Å²) in [6, 6.07) is 15.4. The van der Waals surface area contributed by atoms with Gasteiger partial charge in [0.1, 0.15) is 30.3 Å². The first-order valence-electron chi connectivity index (χ1n) is 8.81. The van der Waals surface area contributed by atoms with Crippen LogP contribution in [0.3, 0.4) is 0 Å². The van der Waals surface area contributed by atoms with Crippen molar-refractivity contribution in [3.05, 3.63) is 61.1 Å². The summed E-state index contributed by atoms with van der Waals surface area (Å²) in [5.41, 5.74) is 9.69. The molecule has 0 atom stereocenters. The highest BCUT2D eigenvalue weighted by Crippen LogP contribution is 2.35. The van der Waals surface area contributed by atoms with Crippen LogP contribution >= 0.6 is 0 Å². The van der Waals surface area contributed by atoms with Crippen LogP contribution in [0.5, 0.6) is 11.5 Å². The molecule has 28 heavy (non-hydrogen) atoms. The summed E-state index contributed by atoms with van der Waals surface area (Å²) in [7, 11) is 1.64. The lowest BCUT2D eigenvalue weighted by Gasteiger charge is -2.08. The van der Waals surface area contributed by atoms with E-state index in [2.05, 4.69) is 9.97 Å². The Balaban J connectivity index is 1.87.